The van der Waals surface area contributed by atoms with Crippen molar-refractivity contribution >= 4 is 21.4 Å². The molecular weight excluding hydrogens is 472 g/mol. The van der Waals surface area contributed by atoms with E-state index in [1.54, 1.807) is 23.5 Å². The molecule has 1 N–H and O–H groups in total. The number of methoxy groups -OCH3 is 2. The summed E-state index contributed by atoms with van der Waals surface area (Å²) in [6.07, 6.45) is 2.08. The van der Waals surface area contributed by atoms with E-state index < -0.39 is 10.0 Å². The standard InChI is InChI=1S/C24H30N4O4S2/c1-27-21(13-20(26-27)23-5-4-10-33-23)19-15-28-9-8-16(19)11-17(28)14-25-34(29,30)24-12-18(31-2)6-7-22(24)32-3/h4-7,10,12-13,16-17,19,25H,8-9,11,14-15H2,1-3H3. The molecule has 3 aromatic rings. The molecule has 0 amide bonds. The van der Waals surface area contributed by atoms with E-state index in [1.165, 1.54) is 30.9 Å². The Kier molecular flexibility index (Phi) is 6.41. The Morgan fingerprint density at radius 3 is 2.74 bits per heavy atom. The number of aryl methyl sites for hydroxylation is 1. The van der Waals surface area contributed by atoms with E-state index >= 15 is 0 Å². The molecule has 0 aliphatic carbocycles. The summed E-state index contributed by atoms with van der Waals surface area (Å²) in [5.41, 5.74) is 2.29. The van der Waals surface area contributed by atoms with Crippen molar-refractivity contribution in [2.45, 2.75) is 29.7 Å². The first kappa shape index (κ1) is 23.3. The molecule has 8 nitrogen and oxygen atoms in total. The molecule has 10 heteroatoms. The van der Waals surface area contributed by atoms with Gasteiger partial charge in [-0.15, -0.1) is 11.3 Å². The Hall–Kier alpha value is -2.40. The van der Waals surface area contributed by atoms with Crippen molar-refractivity contribution in [3.63, 3.8) is 0 Å². The van der Waals surface area contributed by atoms with Crippen LogP contribution in [0.2, 0.25) is 0 Å². The van der Waals surface area contributed by atoms with E-state index in [0.29, 0.717) is 29.9 Å². The number of hydrogen-bond acceptors (Lipinski definition) is 7. The maximum absolute atomic E-state index is 13.1. The third-order valence-corrected chi connectivity index (χ3v) is 9.45. The zero-order chi connectivity index (χ0) is 23.9. The third-order valence-electron chi connectivity index (χ3n) is 7.12. The minimum Gasteiger partial charge on any atom is -0.497 e. The number of ether oxygens (including phenoxy) is 2. The number of benzene rings is 1. The average Bonchev–Trinajstić information content (AvgIpc) is 3.52. The maximum atomic E-state index is 13.1. The Balaban J connectivity index is 1.28. The summed E-state index contributed by atoms with van der Waals surface area (Å²) in [4.78, 5) is 3.70. The van der Waals surface area contributed by atoms with E-state index in [2.05, 4.69) is 33.2 Å². The van der Waals surface area contributed by atoms with E-state index in [-0.39, 0.29) is 10.9 Å². The highest BCUT2D eigenvalue weighted by molar-refractivity contribution is 7.89. The van der Waals surface area contributed by atoms with Crippen LogP contribution in [0.25, 0.3) is 10.6 Å². The first-order valence-electron chi connectivity index (χ1n) is 11.4. The molecule has 0 saturated carbocycles. The molecule has 1 aromatic carbocycles. The second-order valence-electron chi connectivity index (χ2n) is 8.96. The molecular formula is C24H30N4O4S2. The normalized spacial score (nSPS) is 24.3. The molecule has 0 spiro atoms. The third kappa shape index (κ3) is 4.35. The Labute approximate surface area is 204 Å². The zero-order valence-electron chi connectivity index (χ0n) is 19.6. The van der Waals surface area contributed by atoms with Gasteiger partial charge >= 0.3 is 0 Å². The topological polar surface area (TPSA) is 85.7 Å². The summed E-state index contributed by atoms with van der Waals surface area (Å²) < 4.78 is 41.5. The summed E-state index contributed by atoms with van der Waals surface area (Å²) in [5.74, 6) is 1.70. The zero-order valence-corrected chi connectivity index (χ0v) is 21.2. The first-order chi connectivity index (χ1) is 16.4. The van der Waals surface area contributed by atoms with Crippen LogP contribution in [0.5, 0.6) is 11.5 Å². The second-order valence-corrected chi connectivity index (χ2v) is 11.6. The number of rotatable bonds is 8. The van der Waals surface area contributed by atoms with Crippen LogP contribution in [0.15, 0.2) is 46.7 Å². The summed E-state index contributed by atoms with van der Waals surface area (Å²) >= 11 is 1.70. The van der Waals surface area contributed by atoms with Crippen LogP contribution in [-0.2, 0) is 17.1 Å². The largest absolute Gasteiger partial charge is 0.497 e. The highest BCUT2D eigenvalue weighted by Crippen LogP contribution is 2.42. The van der Waals surface area contributed by atoms with Crippen molar-refractivity contribution in [3.05, 3.63) is 47.5 Å². The molecule has 2 aromatic heterocycles. The molecule has 4 unspecified atom stereocenters. The van der Waals surface area contributed by atoms with Gasteiger partial charge in [-0.25, -0.2) is 13.1 Å². The molecule has 34 heavy (non-hydrogen) atoms. The number of sulfonamides is 1. The van der Waals surface area contributed by atoms with Gasteiger partial charge in [0.25, 0.3) is 0 Å². The van der Waals surface area contributed by atoms with Gasteiger partial charge in [0, 0.05) is 43.9 Å². The Morgan fingerprint density at radius 2 is 2.06 bits per heavy atom. The lowest BCUT2D eigenvalue weighted by Crippen LogP contribution is -2.56. The summed E-state index contributed by atoms with van der Waals surface area (Å²) in [7, 11) is 1.27. The molecule has 182 valence electrons. The van der Waals surface area contributed by atoms with Gasteiger partial charge in [0.2, 0.25) is 10.0 Å². The van der Waals surface area contributed by atoms with Gasteiger partial charge < -0.3 is 9.47 Å². The van der Waals surface area contributed by atoms with Crippen LogP contribution in [0, 0.1) is 5.92 Å². The van der Waals surface area contributed by atoms with E-state index in [4.69, 9.17) is 14.6 Å². The molecule has 3 aliphatic heterocycles. The molecule has 0 radical (unpaired) electrons. The lowest BCUT2D eigenvalue weighted by Gasteiger charge is -2.49. The fourth-order valence-corrected chi connectivity index (χ4v) is 7.27. The predicted molar refractivity (Wildman–Crippen MR) is 132 cm³/mol. The van der Waals surface area contributed by atoms with Gasteiger partial charge in [0.15, 0.2) is 0 Å². The van der Waals surface area contributed by atoms with Crippen molar-refractivity contribution in [1.29, 1.82) is 0 Å². The van der Waals surface area contributed by atoms with E-state index in [9.17, 15) is 8.42 Å². The minimum atomic E-state index is -3.74. The van der Waals surface area contributed by atoms with Crippen LogP contribution in [0.1, 0.15) is 24.5 Å². The first-order valence-corrected chi connectivity index (χ1v) is 13.8. The number of thiophene rings is 1. The van der Waals surface area contributed by atoms with E-state index in [1.807, 2.05) is 11.7 Å². The quantitative estimate of drug-likeness (QED) is 0.509. The highest BCUT2D eigenvalue weighted by Gasteiger charge is 2.42. The monoisotopic (exact) mass is 502 g/mol. The number of aromatic nitrogens is 2. The molecule has 2 bridgehead atoms. The van der Waals surface area contributed by atoms with Gasteiger partial charge in [-0.2, -0.15) is 5.10 Å². The van der Waals surface area contributed by atoms with Gasteiger partial charge in [0.1, 0.15) is 22.1 Å². The lowest BCUT2D eigenvalue weighted by atomic mass is 9.74. The van der Waals surface area contributed by atoms with Crippen molar-refractivity contribution in [1.82, 2.24) is 19.4 Å². The van der Waals surface area contributed by atoms with Gasteiger partial charge in [-0.05, 0) is 54.9 Å². The fraction of sp³-hybridized carbons (Fsp3) is 0.458. The van der Waals surface area contributed by atoms with Crippen LogP contribution < -0.4 is 14.2 Å². The van der Waals surface area contributed by atoms with Crippen LogP contribution in [0.3, 0.4) is 0 Å². The number of nitrogens with one attached hydrogen (secondary N) is 1. The van der Waals surface area contributed by atoms with Gasteiger partial charge in [-0.3, -0.25) is 9.58 Å². The fourth-order valence-electron chi connectivity index (χ4n) is 5.34. The van der Waals surface area contributed by atoms with E-state index in [0.717, 1.165) is 31.6 Å². The molecule has 5 heterocycles. The lowest BCUT2D eigenvalue weighted by molar-refractivity contribution is 0.0306. The Bertz CT molecular complexity index is 1260. The Morgan fingerprint density at radius 1 is 1.21 bits per heavy atom. The molecule has 3 aliphatic rings. The van der Waals surface area contributed by atoms with Crippen LogP contribution in [-0.4, -0.2) is 63.0 Å². The number of nitrogens with zero attached hydrogens (tertiary/aromatic N) is 3. The SMILES string of the molecule is COc1ccc(OC)c(S(=O)(=O)NCC2CC3CCN2CC3c2cc(-c3cccs3)nn2C)c1. The van der Waals surface area contributed by atoms with Crippen molar-refractivity contribution in [2.75, 3.05) is 33.9 Å². The maximum Gasteiger partial charge on any atom is 0.244 e. The summed E-state index contributed by atoms with van der Waals surface area (Å²) in [6.45, 7) is 2.28. The molecule has 6 rings (SSSR count). The van der Waals surface area contributed by atoms with Crippen LogP contribution >= 0.6 is 11.3 Å². The predicted octanol–water partition coefficient (Wildman–Crippen LogP) is 3.32. The average molecular weight is 503 g/mol. The smallest absolute Gasteiger partial charge is 0.244 e. The second kappa shape index (κ2) is 9.33. The molecule has 3 fully saturated rings. The molecule has 4 atom stereocenters. The van der Waals surface area contributed by atoms with Gasteiger partial charge in [0.05, 0.1) is 19.1 Å². The van der Waals surface area contributed by atoms with Crippen molar-refractivity contribution < 1.29 is 17.9 Å². The number of hydrogen-bond donors (Lipinski definition) is 1. The van der Waals surface area contributed by atoms with Crippen molar-refractivity contribution in [3.8, 4) is 22.1 Å². The molecule has 3 saturated heterocycles. The van der Waals surface area contributed by atoms with Gasteiger partial charge in [-0.1, -0.05) is 6.07 Å². The van der Waals surface area contributed by atoms with Crippen LogP contribution in [0.4, 0.5) is 0 Å². The minimum absolute atomic E-state index is 0.0965. The highest BCUT2D eigenvalue weighted by atomic mass is 32.2. The van der Waals surface area contributed by atoms with Crippen molar-refractivity contribution in [2.24, 2.45) is 13.0 Å². The summed E-state index contributed by atoms with van der Waals surface area (Å²) in [5, 5.41) is 6.83. The summed E-state index contributed by atoms with van der Waals surface area (Å²) in [6, 6.07) is 11.4. The number of fused-ring (bicyclic) bond motifs is 3. The number of piperidine rings is 3.